The number of benzene rings is 2. The first-order valence-electron chi connectivity index (χ1n) is 10.1. The van der Waals surface area contributed by atoms with Gasteiger partial charge in [0.1, 0.15) is 0 Å². The molecular weight excluding hydrogens is 362 g/mol. The van der Waals surface area contributed by atoms with Gasteiger partial charge in [-0.2, -0.15) is 0 Å². The van der Waals surface area contributed by atoms with Gasteiger partial charge in [0.05, 0.1) is 5.52 Å². The highest BCUT2D eigenvalue weighted by Gasteiger charge is 2.22. The monoisotopic (exact) mass is 389 g/mol. The Hall–Kier alpha value is -2.92. The van der Waals surface area contributed by atoms with Gasteiger partial charge in [0.15, 0.2) is 0 Å². The van der Waals surface area contributed by atoms with Crippen molar-refractivity contribution in [2.45, 2.75) is 27.3 Å². The maximum absolute atomic E-state index is 12.7. The number of piperazine rings is 1. The van der Waals surface area contributed by atoms with E-state index in [0.717, 1.165) is 46.2 Å². The van der Waals surface area contributed by atoms with Gasteiger partial charge in [0.25, 0.3) is 11.5 Å². The SMILES string of the molecule is Cc1ccc(C(=O)N2CCN(Cc3cc4cc(C)cc(C)c4[nH]c3=O)CC2)cc1. The van der Waals surface area contributed by atoms with Gasteiger partial charge in [-0.05, 0) is 56.0 Å². The summed E-state index contributed by atoms with van der Waals surface area (Å²) in [5, 5.41) is 1.07. The van der Waals surface area contributed by atoms with Gasteiger partial charge >= 0.3 is 0 Å². The second-order valence-corrected chi connectivity index (χ2v) is 8.10. The van der Waals surface area contributed by atoms with Crippen molar-refractivity contribution in [2.24, 2.45) is 0 Å². The van der Waals surface area contributed by atoms with E-state index in [2.05, 4.69) is 28.9 Å². The molecule has 1 saturated heterocycles. The summed E-state index contributed by atoms with van der Waals surface area (Å²) in [5.74, 6) is 0.0825. The minimum atomic E-state index is -0.0254. The van der Waals surface area contributed by atoms with Crippen LogP contribution in [0.1, 0.15) is 32.6 Å². The fourth-order valence-corrected chi connectivity index (χ4v) is 4.08. The highest BCUT2D eigenvalue weighted by atomic mass is 16.2. The Balaban J connectivity index is 1.44. The van der Waals surface area contributed by atoms with Crippen LogP contribution >= 0.6 is 0 Å². The number of carbonyl (C=O) groups is 1. The number of hydrogen-bond donors (Lipinski definition) is 1. The molecule has 1 fully saturated rings. The zero-order valence-electron chi connectivity index (χ0n) is 17.3. The van der Waals surface area contributed by atoms with Crippen LogP contribution in [0.4, 0.5) is 0 Å². The van der Waals surface area contributed by atoms with Crippen molar-refractivity contribution in [3.63, 3.8) is 0 Å². The number of fused-ring (bicyclic) bond motifs is 1. The average Bonchev–Trinajstić information content (AvgIpc) is 2.70. The van der Waals surface area contributed by atoms with E-state index in [1.165, 1.54) is 5.56 Å². The summed E-state index contributed by atoms with van der Waals surface area (Å²) < 4.78 is 0. The molecule has 2 heterocycles. The van der Waals surface area contributed by atoms with Crippen LogP contribution in [0.15, 0.2) is 47.3 Å². The first kappa shape index (κ1) is 19.4. The van der Waals surface area contributed by atoms with E-state index < -0.39 is 0 Å². The number of rotatable bonds is 3. The number of aryl methyl sites for hydroxylation is 3. The van der Waals surface area contributed by atoms with Crippen LogP contribution in [0.3, 0.4) is 0 Å². The van der Waals surface area contributed by atoms with Crippen molar-refractivity contribution < 1.29 is 4.79 Å². The topological polar surface area (TPSA) is 56.4 Å². The van der Waals surface area contributed by atoms with Crippen LogP contribution in [0.25, 0.3) is 10.9 Å². The van der Waals surface area contributed by atoms with Crippen LogP contribution in [0.5, 0.6) is 0 Å². The minimum Gasteiger partial charge on any atom is -0.336 e. The molecular formula is C24H27N3O2. The van der Waals surface area contributed by atoms with Gasteiger partial charge in [-0.3, -0.25) is 14.5 Å². The van der Waals surface area contributed by atoms with E-state index in [-0.39, 0.29) is 11.5 Å². The highest BCUT2D eigenvalue weighted by Crippen LogP contribution is 2.19. The molecule has 0 aliphatic carbocycles. The number of carbonyl (C=O) groups excluding carboxylic acids is 1. The Morgan fingerprint density at radius 1 is 0.931 bits per heavy atom. The van der Waals surface area contributed by atoms with Crippen LogP contribution in [-0.2, 0) is 6.54 Å². The van der Waals surface area contributed by atoms with Crippen molar-refractivity contribution in [1.82, 2.24) is 14.8 Å². The summed E-state index contributed by atoms with van der Waals surface area (Å²) >= 11 is 0. The van der Waals surface area contributed by atoms with Gasteiger partial charge in [-0.1, -0.05) is 29.3 Å². The van der Waals surface area contributed by atoms with Crippen LogP contribution in [0, 0.1) is 20.8 Å². The van der Waals surface area contributed by atoms with Crippen molar-refractivity contribution in [3.05, 3.63) is 80.6 Å². The molecule has 5 nitrogen and oxygen atoms in total. The first-order valence-corrected chi connectivity index (χ1v) is 10.1. The second kappa shape index (κ2) is 7.84. The van der Waals surface area contributed by atoms with Crippen LogP contribution < -0.4 is 5.56 Å². The Labute approximate surface area is 171 Å². The summed E-state index contributed by atoms with van der Waals surface area (Å²) in [4.78, 5) is 32.5. The molecule has 1 amide bonds. The Morgan fingerprint density at radius 3 is 2.31 bits per heavy atom. The highest BCUT2D eigenvalue weighted by molar-refractivity contribution is 5.94. The lowest BCUT2D eigenvalue weighted by molar-refractivity contribution is 0.0628. The van der Waals surface area contributed by atoms with Gasteiger partial charge in [-0.15, -0.1) is 0 Å². The zero-order valence-corrected chi connectivity index (χ0v) is 17.3. The molecule has 5 heteroatoms. The van der Waals surface area contributed by atoms with Gasteiger partial charge < -0.3 is 9.88 Å². The summed E-state index contributed by atoms with van der Waals surface area (Å²) in [7, 11) is 0. The molecule has 0 atom stereocenters. The lowest BCUT2D eigenvalue weighted by atomic mass is 10.0. The number of H-pyrrole nitrogens is 1. The molecule has 0 radical (unpaired) electrons. The summed E-state index contributed by atoms with van der Waals surface area (Å²) in [5.41, 5.74) is 5.84. The molecule has 1 aromatic heterocycles. The first-order chi connectivity index (χ1) is 13.9. The number of pyridine rings is 1. The average molecular weight is 389 g/mol. The lowest BCUT2D eigenvalue weighted by Gasteiger charge is -2.34. The molecule has 150 valence electrons. The zero-order chi connectivity index (χ0) is 20.5. The maximum Gasteiger partial charge on any atom is 0.253 e. The van der Waals surface area contributed by atoms with Crippen molar-refractivity contribution in [2.75, 3.05) is 26.2 Å². The fourth-order valence-electron chi connectivity index (χ4n) is 4.08. The second-order valence-electron chi connectivity index (χ2n) is 8.10. The smallest absolute Gasteiger partial charge is 0.253 e. The third kappa shape index (κ3) is 4.10. The van der Waals surface area contributed by atoms with Gasteiger partial charge in [0.2, 0.25) is 0 Å². The number of aromatic nitrogens is 1. The Bertz CT molecular complexity index is 1110. The fraction of sp³-hybridized carbons (Fsp3) is 0.333. The largest absolute Gasteiger partial charge is 0.336 e. The molecule has 0 bridgehead atoms. The molecule has 0 saturated carbocycles. The number of nitrogens with one attached hydrogen (secondary N) is 1. The van der Waals surface area contributed by atoms with E-state index in [1.807, 2.05) is 49.1 Å². The van der Waals surface area contributed by atoms with E-state index >= 15 is 0 Å². The Morgan fingerprint density at radius 2 is 1.62 bits per heavy atom. The molecule has 1 aliphatic rings. The number of aromatic amines is 1. The summed E-state index contributed by atoms with van der Waals surface area (Å²) in [6.45, 7) is 9.60. The van der Waals surface area contributed by atoms with E-state index in [0.29, 0.717) is 19.6 Å². The normalized spacial score (nSPS) is 15.1. The molecule has 29 heavy (non-hydrogen) atoms. The van der Waals surface area contributed by atoms with Crippen LogP contribution in [-0.4, -0.2) is 46.9 Å². The number of amides is 1. The number of nitrogens with zero attached hydrogens (tertiary/aromatic N) is 2. The van der Waals surface area contributed by atoms with E-state index in [1.54, 1.807) is 0 Å². The van der Waals surface area contributed by atoms with Crippen molar-refractivity contribution in [3.8, 4) is 0 Å². The van der Waals surface area contributed by atoms with E-state index in [9.17, 15) is 9.59 Å². The molecule has 1 N–H and O–H groups in total. The molecule has 0 spiro atoms. The predicted molar refractivity (Wildman–Crippen MR) is 116 cm³/mol. The molecule has 2 aromatic carbocycles. The summed E-state index contributed by atoms with van der Waals surface area (Å²) in [6, 6.07) is 13.9. The maximum atomic E-state index is 12.7. The van der Waals surface area contributed by atoms with Gasteiger partial charge in [0, 0.05) is 43.9 Å². The quantitative estimate of drug-likeness (QED) is 0.747. The van der Waals surface area contributed by atoms with Crippen LogP contribution in [0.2, 0.25) is 0 Å². The molecule has 4 rings (SSSR count). The molecule has 0 unspecified atom stereocenters. The lowest BCUT2D eigenvalue weighted by Crippen LogP contribution is -2.48. The minimum absolute atomic E-state index is 0.0254. The third-order valence-electron chi connectivity index (χ3n) is 5.72. The third-order valence-corrected chi connectivity index (χ3v) is 5.72. The molecule has 3 aromatic rings. The predicted octanol–water partition coefficient (Wildman–Crippen LogP) is 3.41. The van der Waals surface area contributed by atoms with Crippen molar-refractivity contribution in [1.29, 1.82) is 0 Å². The van der Waals surface area contributed by atoms with E-state index in [4.69, 9.17) is 0 Å². The number of hydrogen-bond acceptors (Lipinski definition) is 3. The standard InChI is InChI=1S/C24H27N3O2/c1-16-4-6-19(7-5-16)24(29)27-10-8-26(9-11-27)15-21-14-20-13-17(2)12-18(3)22(20)25-23(21)28/h4-7,12-14H,8-11,15H2,1-3H3,(H,25,28). The van der Waals surface area contributed by atoms with Crippen molar-refractivity contribution >= 4 is 16.8 Å². The molecule has 1 aliphatic heterocycles. The van der Waals surface area contributed by atoms with Gasteiger partial charge in [-0.25, -0.2) is 0 Å². The summed E-state index contributed by atoms with van der Waals surface area (Å²) in [6.07, 6.45) is 0. The Kier molecular flexibility index (Phi) is 5.24.